The molecule has 0 aliphatic carbocycles. The average molecular weight is 410 g/mol. The number of benzene rings is 2. The van der Waals surface area contributed by atoms with E-state index in [2.05, 4.69) is 0 Å². The summed E-state index contributed by atoms with van der Waals surface area (Å²) in [6, 6.07) is 17.0. The lowest BCUT2D eigenvalue weighted by atomic mass is 10.1. The van der Waals surface area contributed by atoms with E-state index < -0.39 is 0 Å². The number of thioether (sulfide) groups is 1. The van der Waals surface area contributed by atoms with Gasteiger partial charge in [0.1, 0.15) is 0 Å². The zero-order valence-electron chi connectivity index (χ0n) is 16.3. The van der Waals surface area contributed by atoms with Gasteiger partial charge >= 0.3 is 0 Å². The molecule has 6 nitrogen and oxygen atoms in total. The van der Waals surface area contributed by atoms with Gasteiger partial charge in [-0.25, -0.2) is 4.98 Å². The molecule has 7 heteroatoms. The number of hydrogen-bond acceptors (Lipinski definition) is 5. The van der Waals surface area contributed by atoms with Crippen molar-refractivity contribution in [1.29, 1.82) is 0 Å². The maximum absolute atomic E-state index is 13.3. The number of morpholine rings is 1. The van der Waals surface area contributed by atoms with Crippen LogP contribution in [-0.2, 0) is 9.53 Å². The van der Waals surface area contributed by atoms with Gasteiger partial charge in [-0.15, -0.1) is 0 Å². The number of ether oxygens (including phenoxy) is 1. The second-order valence-corrected chi connectivity index (χ2v) is 7.90. The first-order valence-electron chi connectivity index (χ1n) is 9.69. The normalized spacial score (nSPS) is 15.4. The second kappa shape index (κ2) is 8.80. The Labute approximate surface area is 173 Å². The first kappa shape index (κ1) is 19.7. The highest BCUT2D eigenvalue weighted by atomic mass is 32.2. The predicted molar refractivity (Wildman–Crippen MR) is 114 cm³/mol. The Morgan fingerprint density at radius 2 is 1.79 bits per heavy atom. The Morgan fingerprint density at radius 1 is 1.10 bits per heavy atom. The number of hydrogen-bond donors (Lipinski definition) is 0. The Hall–Kier alpha value is -2.64. The fourth-order valence-corrected chi connectivity index (χ4v) is 4.46. The quantitative estimate of drug-likeness (QED) is 0.479. The van der Waals surface area contributed by atoms with Crippen LogP contribution in [0.4, 0.5) is 0 Å². The van der Waals surface area contributed by atoms with Gasteiger partial charge in [-0.1, -0.05) is 54.2 Å². The Kier molecular flexibility index (Phi) is 5.97. The van der Waals surface area contributed by atoms with Crippen LogP contribution < -0.4 is 5.56 Å². The number of carbonyl (C=O) groups excluding carboxylic acids is 1. The molecule has 1 aliphatic rings. The molecule has 0 unspecified atom stereocenters. The molecule has 0 bridgehead atoms. The zero-order valence-corrected chi connectivity index (χ0v) is 17.1. The molecule has 1 amide bonds. The monoisotopic (exact) mass is 409 g/mol. The van der Waals surface area contributed by atoms with Crippen LogP contribution in [0.15, 0.2) is 64.5 Å². The van der Waals surface area contributed by atoms with Crippen molar-refractivity contribution in [3.05, 3.63) is 70.5 Å². The molecule has 4 rings (SSSR count). The van der Waals surface area contributed by atoms with Crippen molar-refractivity contribution in [1.82, 2.24) is 14.5 Å². The maximum Gasteiger partial charge on any atom is 0.262 e. The molecule has 2 aromatic carbocycles. The van der Waals surface area contributed by atoms with Crippen molar-refractivity contribution >= 4 is 28.6 Å². The lowest BCUT2D eigenvalue weighted by Crippen LogP contribution is -2.41. The fraction of sp³-hybridized carbons (Fsp3) is 0.318. The molecule has 1 aliphatic heterocycles. The summed E-state index contributed by atoms with van der Waals surface area (Å²) in [4.78, 5) is 32.4. The molecule has 1 atom stereocenters. The van der Waals surface area contributed by atoms with Crippen LogP contribution in [0.3, 0.4) is 0 Å². The number of aromatic nitrogens is 2. The van der Waals surface area contributed by atoms with E-state index in [-0.39, 0.29) is 23.3 Å². The summed E-state index contributed by atoms with van der Waals surface area (Å²) in [5.74, 6) is 0.284. The van der Waals surface area contributed by atoms with Crippen molar-refractivity contribution in [3.8, 4) is 0 Å². The molecule has 0 saturated carbocycles. The van der Waals surface area contributed by atoms with E-state index in [9.17, 15) is 9.59 Å². The topological polar surface area (TPSA) is 64.4 Å². The summed E-state index contributed by atoms with van der Waals surface area (Å²) in [6.07, 6.45) is 0. The highest BCUT2D eigenvalue weighted by molar-refractivity contribution is 7.99. The van der Waals surface area contributed by atoms with Gasteiger partial charge in [-0.05, 0) is 24.6 Å². The minimum absolute atomic E-state index is 0.0413. The van der Waals surface area contributed by atoms with E-state index in [0.717, 1.165) is 5.56 Å². The Bertz CT molecular complexity index is 1060. The lowest BCUT2D eigenvalue weighted by Gasteiger charge is -2.27. The first-order chi connectivity index (χ1) is 14.1. The minimum Gasteiger partial charge on any atom is -0.378 e. The lowest BCUT2D eigenvalue weighted by molar-refractivity contribution is -0.132. The second-order valence-electron chi connectivity index (χ2n) is 6.96. The summed E-state index contributed by atoms with van der Waals surface area (Å²) in [5.41, 5.74) is 1.58. The van der Waals surface area contributed by atoms with Crippen LogP contribution in [0.5, 0.6) is 0 Å². The molecular formula is C22H23N3O3S. The van der Waals surface area contributed by atoms with Crippen molar-refractivity contribution in [2.75, 3.05) is 32.1 Å². The summed E-state index contributed by atoms with van der Waals surface area (Å²) in [6.45, 7) is 4.34. The highest BCUT2D eigenvalue weighted by Gasteiger charge is 2.21. The SMILES string of the molecule is C[C@H](c1ccccc1)n1c(SCC(=O)N2CCOCC2)nc2ccccc2c1=O. The molecule has 0 radical (unpaired) electrons. The van der Waals surface area contributed by atoms with Crippen molar-refractivity contribution in [3.63, 3.8) is 0 Å². The van der Waals surface area contributed by atoms with E-state index in [1.54, 1.807) is 15.5 Å². The number of fused-ring (bicyclic) bond motifs is 1. The third-order valence-corrected chi connectivity index (χ3v) is 6.07. The fourth-order valence-electron chi connectivity index (χ4n) is 3.48. The van der Waals surface area contributed by atoms with E-state index in [0.29, 0.717) is 42.4 Å². The van der Waals surface area contributed by atoms with Crippen molar-refractivity contribution in [2.45, 2.75) is 18.1 Å². The minimum atomic E-state index is -0.193. The Morgan fingerprint density at radius 3 is 2.55 bits per heavy atom. The van der Waals surface area contributed by atoms with Gasteiger partial charge in [0.15, 0.2) is 5.16 Å². The van der Waals surface area contributed by atoms with Gasteiger partial charge in [0, 0.05) is 13.1 Å². The van der Waals surface area contributed by atoms with Gasteiger partial charge in [-0.3, -0.25) is 14.2 Å². The van der Waals surface area contributed by atoms with Crippen LogP contribution in [0.2, 0.25) is 0 Å². The smallest absolute Gasteiger partial charge is 0.262 e. The van der Waals surface area contributed by atoms with Gasteiger partial charge in [0.25, 0.3) is 5.56 Å². The average Bonchev–Trinajstić information content (AvgIpc) is 2.78. The number of carbonyl (C=O) groups is 1. The molecule has 1 saturated heterocycles. The van der Waals surface area contributed by atoms with Crippen LogP contribution in [0, 0.1) is 0 Å². The van der Waals surface area contributed by atoms with Gasteiger partial charge in [0.2, 0.25) is 5.91 Å². The standard InChI is InChI=1S/C22H23N3O3S/c1-16(17-7-3-2-4-8-17)25-21(27)18-9-5-6-10-19(18)23-22(25)29-15-20(26)24-11-13-28-14-12-24/h2-10,16H,11-15H2,1H3/t16-/m1/s1. The summed E-state index contributed by atoms with van der Waals surface area (Å²) < 4.78 is 7.02. The number of amides is 1. The molecular weight excluding hydrogens is 386 g/mol. The third-order valence-electron chi connectivity index (χ3n) is 5.13. The summed E-state index contributed by atoms with van der Waals surface area (Å²) >= 11 is 1.32. The maximum atomic E-state index is 13.3. The van der Waals surface area contributed by atoms with Crippen LogP contribution in [0.25, 0.3) is 10.9 Å². The first-order valence-corrected chi connectivity index (χ1v) is 10.7. The Balaban J connectivity index is 1.69. The van der Waals surface area contributed by atoms with Gasteiger partial charge in [-0.2, -0.15) is 0 Å². The van der Waals surface area contributed by atoms with E-state index in [4.69, 9.17) is 9.72 Å². The zero-order chi connectivity index (χ0) is 20.2. The molecule has 2 heterocycles. The van der Waals surface area contributed by atoms with Crippen molar-refractivity contribution < 1.29 is 9.53 Å². The van der Waals surface area contributed by atoms with E-state index >= 15 is 0 Å². The molecule has 0 N–H and O–H groups in total. The molecule has 1 aromatic heterocycles. The number of nitrogens with zero attached hydrogens (tertiary/aromatic N) is 3. The molecule has 29 heavy (non-hydrogen) atoms. The largest absolute Gasteiger partial charge is 0.378 e. The van der Waals surface area contributed by atoms with E-state index in [1.807, 2.05) is 55.5 Å². The molecule has 0 spiro atoms. The predicted octanol–water partition coefficient (Wildman–Crippen LogP) is 2.96. The van der Waals surface area contributed by atoms with Crippen LogP contribution in [0.1, 0.15) is 18.5 Å². The van der Waals surface area contributed by atoms with Crippen LogP contribution in [-0.4, -0.2) is 52.4 Å². The summed E-state index contributed by atoms with van der Waals surface area (Å²) in [7, 11) is 0. The number of para-hydroxylation sites is 1. The summed E-state index contributed by atoms with van der Waals surface area (Å²) in [5, 5.41) is 1.14. The molecule has 3 aromatic rings. The van der Waals surface area contributed by atoms with Gasteiger partial charge in [0.05, 0.1) is 35.9 Å². The molecule has 1 fully saturated rings. The highest BCUT2D eigenvalue weighted by Crippen LogP contribution is 2.25. The molecule has 150 valence electrons. The number of rotatable bonds is 5. The van der Waals surface area contributed by atoms with Crippen LogP contribution >= 0.6 is 11.8 Å². The van der Waals surface area contributed by atoms with Gasteiger partial charge < -0.3 is 9.64 Å². The van der Waals surface area contributed by atoms with Crippen molar-refractivity contribution in [2.24, 2.45) is 0 Å². The van der Waals surface area contributed by atoms with E-state index in [1.165, 1.54) is 11.8 Å². The third kappa shape index (κ3) is 4.21.